The minimum Gasteiger partial charge on any atom is -0.487 e. The molecule has 0 amide bonds. The molecule has 1 fully saturated rings. The molecule has 3 nitrogen and oxygen atoms in total. The second-order valence-corrected chi connectivity index (χ2v) is 5.17. The molecule has 1 aromatic carbocycles. The molecule has 1 saturated carbocycles. The largest absolute Gasteiger partial charge is 0.487 e. The highest BCUT2D eigenvalue weighted by Crippen LogP contribution is 2.29. The first-order valence-corrected chi connectivity index (χ1v) is 7.01. The van der Waals surface area contributed by atoms with Crippen molar-refractivity contribution in [3.63, 3.8) is 0 Å². The molecule has 1 aliphatic rings. The molecule has 0 saturated heterocycles. The summed E-state index contributed by atoms with van der Waals surface area (Å²) in [5, 5.41) is 3.05. The molecule has 0 atom stereocenters. The van der Waals surface area contributed by atoms with E-state index in [1.165, 1.54) is 18.6 Å². The first-order chi connectivity index (χ1) is 9.70. The Bertz CT molecular complexity index is 413. The van der Waals surface area contributed by atoms with Gasteiger partial charge in [-0.3, -0.25) is 0 Å². The lowest BCUT2D eigenvalue weighted by molar-refractivity contribution is 0.169. The van der Waals surface area contributed by atoms with Gasteiger partial charge in [0.25, 0.3) is 0 Å². The highest BCUT2D eigenvalue weighted by molar-refractivity contribution is 5.31. The maximum Gasteiger partial charge on any atom is 0.190 e. The van der Waals surface area contributed by atoms with Gasteiger partial charge in [0.2, 0.25) is 0 Å². The average molecular weight is 285 g/mol. The van der Waals surface area contributed by atoms with Gasteiger partial charge in [-0.1, -0.05) is 6.42 Å². The van der Waals surface area contributed by atoms with Crippen LogP contribution in [0.5, 0.6) is 5.75 Å². The zero-order valence-electron chi connectivity index (χ0n) is 11.8. The summed E-state index contributed by atoms with van der Waals surface area (Å²) in [5.74, 6) is -1.07. The number of nitrogens with one attached hydrogen (secondary N) is 1. The minimum atomic E-state index is -0.632. The van der Waals surface area contributed by atoms with Crippen molar-refractivity contribution < 1.29 is 18.3 Å². The zero-order chi connectivity index (χ0) is 14.4. The van der Waals surface area contributed by atoms with Gasteiger partial charge in [-0.05, 0) is 36.5 Å². The van der Waals surface area contributed by atoms with Crippen LogP contribution in [0.2, 0.25) is 0 Å². The smallest absolute Gasteiger partial charge is 0.190 e. The Kier molecular flexibility index (Phi) is 5.73. The lowest BCUT2D eigenvalue weighted by Gasteiger charge is -2.25. The molecule has 1 N–H and O–H groups in total. The Morgan fingerprint density at radius 3 is 2.50 bits per heavy atom. The minimum absolute atomic E-state index is 0.252. The number of methoxy groups -OCH3 is 1. The first kappa shape index (κ1) is 15.2. The molecule has 1 aliphatic carbocycles. The number of halogens is 2. The third-order valence-corrected chi connectivity index (χ3v) is 3.56. The van der Waals surface area contributed by atoms with Gasteiger partial charge in [-0.15, -0.1) is 0 Å². The van der Waals surface area contributed by atoms with E-state index in [0.29, 0.717) is 37.8 Å². The summed E-state index contributed by atoms with van der Waals surface area (Å²) in [6, 6.07) is 2.64. The molecule has 1 aromatic rings. The van der Waals surface area contributed by atoms with Gasteiger partial charge in [0.1, 0.15) is 0 Å². The molecule has 0 aliphatic heterocycles. The van der Waals surface area contributed by atoms with Crippen molar-refractivity contribution in [1.82, 2.24) is 5.32 Å². The molecule has 5 heteroatoms. The van der Waals surface area contributed by atoms with Crippen molar-refractivity contribution in [3.05, 3.63) is 29.3 Å². The molecule has 2 rings (SSSR count). The highest BCUT2D eigenvalue weighted by atomic mass is 19.1. The fourth-order valence-electron chi connectivity index (χ4n) is 2.12. The number of rotatable bonds is 8. The molecule has 0 spiro atoms. The molecule has 112 valence electrons. The quantitative estimate of drug-likeness (QED) is 0.745. The summed E-state index contributed by atoms with van der Waals surface area (Å²) < 4.78 is 37.8. The molecule has 0 heterocycles. The van der Waals surface area contributed by atoms with Crippen LogP contribution in [0.1, 0.15) is 24.8 Å². The van der Waals surface area contributed by atoms with Gasteiger partial charge < -0.3 is 14.8 Å². The fraction of sp³-hybridized carbons (Fsp3) is 0.600. The fourth-order valence-corrected chi connectivity index (χ4v) is 2.12. The normalized spacial score (nSPS) is 15.2. The topological polar surface area (TPSA) is 30.5 Å². The molecule has 20 heavy (non-hydrogen) atoms. The van der Waals surface area contributed by atoms with Crippen LogP contribution in [0.3, 0.4) is 0 Å². The summed E-state index contributed by atoms with van der Waals surface area (Å²) in [7, 11) is 1.61. The van der Waals surface area contributed by atoms with Crippen molar-refractivity contribution in [3.8, 4) is 5.75 Å². The first-order valence-electron chi connectivity index (χ1n) is 7.01. The molecule has 0 unspecified atom stereocenters. The van der Waals surface area contributed by atoms with Crippen LogP contribution in [-0.4, -0.2) is 26.9 Å². The van der Waals surface area contributed by atoms with E-state index in [9.17, 15) is 8.78 Å². The van der Waals surface area contributed by atoms with Crippen molar-refractivity contribution in [2.75, 3.05) is 26.9 Å². The summed E-state index contributed by atoms with van der Waals surface area (Å²) in [6.45, 7) is 2.01. The van der Waals surface area contributed by atoms with Gasteiger partial charge in [0.15, 0.2) is 17.4 Å². The standard InChI is InChI=1S/C15H21F2NO2/c1-19-6-5-18-9-12-7-13(16)15(14(17)8-12)20-10-11-3-2-4-11/h7-8,11,18H,2-6,9-10H2,1H3. The van der Waals surface area contributed by atoms with Gasteiger partial charge in [0.05, 0.1) is 13.2 Å². The van der Waals surface area contributed by atoms with Crippen LogP contribution in [0.4, 0.5) is 8.78 Å². The van der Waals surface area contributed by atoms with E-state index < -0.39 is 11.6 Å². The second-order valence-electron chi connectivity index (χ2n) is 5.17. The van der Waals surface area contributed by atoms with Crippen LogP contribution in [0.25, 0.3) is 0 Å². The number of benzene rings is 1. The third-order valence-electron chi connectivity index (χ3n) is 3.56. The summed E-state index contributed by atoms with van der Waals surface area (Å²) in [5.41, 5.74) is 0.562. The lowest BCUT2D eigenvalue weighted by Crippen LogP contribution is -2.20. The van der Waals surface area contributed by atoms with Crippen molar-refractivity contribution in [1.29, 1.82) is 0 Å². The van der Waals surface area contributed by atoms with Crippen LogP contribution < -0.4 is 10.1 Å². The van der Waals surface area contributed by atoms with Gasteiger partial charge in [0, 0.05) is 20.2 Å². The Morgan fingerprint density at radius 1 is 1.25 bits per heavy atom. The van der Waals surface area contributed by atoms with Crippen molar-refractivity contribution in [2.24, 2.45) is 5.92 Å². The van der Waals surface area contributed by atoms with Crippen LogP contribution in [0.15, 0.2) is 12.1 Å². The Labute approximate surface area is 118 Å². The Morgan fingerprint density at radius 2 is 1.95 bits per heavy atom. The van der Waals surface area contributed by atoms with E-state index in [2.05, 4.69) is 5.32 Å². The maximum absolute atomic E-state index is 13.8. The second kappa shape index (κ2) is 7.55. The van der Waals surface area contributed by atoms with Crippen LogP contribution in [-0.2, 0) is 11.3 Å². The summed E-state index contributed by atoms with van der Waals surface area (Å²) in [4.78, 5) is 0. The summed E-state index contributed by atoms with van der Waals surface area (Å²) in [6.07, 6.45) is 3.36. The molecular weight excluding hydrogens is 264 g/mol. The van der Waals surface area contributed by atoms with Crippen LogP contribution >= 0.6 is 0 Å². The van der Waals surface area contributed by atoms with Crippen LogP contribution in [0, 0.1) is 17.6 Å². The monoisotopic (exact) mass is 285 g/mol. The van der Waals surface area contributed by atoms with Gasteiger partial charge in [-0.25, -0.2) is 8.78 Å². The van der Waals surface area contributed by atoms with E-state index in [-0.39, 0.29) is 5.75 Å². The Hall–Kier alpha value is -1.20. The van der Waals surface area contributed by atoms with E-state index in [4.69, 9.17) is 9.47 Å². The van der Waals surface area contributed by atoms with Gasteiger partial charge in [-0.2, -0.15) is 0 Å². The SMILES string of the molecule is COCCNCc1cc(F)c(OCC2CCC2)c(F)c1. The predicted octanol–water partition coefficient (Wildman–Crippen LogP) is 2.88. The number of hydrogen-bond acceptors (Lipinski definition) is 3. The van der Waals surface area contributed by atoms with E-state index >= 15 is 0 Å². The molecule has 0 bridgehead atoms. The lowest BCUT2D eigenvalue weighted by atomic mass is 9.86. The van der Waals surface area contributed by atoms with E-state index in [1.54, 1.807) is 7.11 Å². The highest BCUT2D eigenvalue weighted by Gasteiger charge is 2.20. The predicted molar refractivity (Wildman–Crippen MR) is 72.8 cm³/mol. The van der Waals surface area contributed by atoms with Gasteiger partial charge >= 0.3 is 0 Å². The third kappa shape index (κ3) is 4.15. The van der Waals surface area contributed by atoms with Crippen molar-refractivity contribution >= 4 is 0 Å². The zero-order valence-corrected chi connectivity index (χ0v) is 11.8. The molecule has 0 radical (unpaired) electrons. The summed E-state index contributed by atoms with van der Waals surface area (Å²) >= 11 is 0. The molecule has 0 aromatic heterocycles. The number of ether oxygens (including phenoxy) is 2. The van der Waals surface area contributed by atoms with E-state index in [1.807, 2.05) is 0 Å². The maximum atomic E-state index is 13.8. The van der Waals surface area contributed by atoms with E-state index in [0.717, 1.165) is 12.8 Å². The molecular formula is C15H21F2NO2. The van der Waals surface area contributed by atoms with Crippen molar-refractivity contribution in [2.45, 2.75) is 25.8 Å². The number of hydrogen-bond donors (Lipinski definition) is 1. The Balaban J connectivity index is 1.89. The average Bonchev–Trinajstić information content (AvgIpc) is 2.36.